The molecule has 0 aliphatic carbocycles. The largest absolute Gasteiger partial charge is 0.435 e. The van der Waals surface area contributed by atoms with Crippen LogP contribution >= 0.6 is 0 Å². The first-order valence-electron chi connectivity index (χ1n) is 17.8. The SMILES string of the molecule is c1ccc(-c2nc3ccc4ccc5ccc(N(c6ccc7c(c6)c6ccccc6n7-c6ccccc6)c6nccc7ccccc67)cc5c4c3o2)cc1. The fraction of sp³-hybridized carbons (Fsp3) is 0. The van der Waals surface area contributed by atoms with Crippen molar-refractivity contribution in [1.82, 2.24) is 14.5 Å². The van der Waals surface area contributed by atoms with Gasteiger partial charge in [-0.15, -0.1) is 0 Å². The maximum atomic E-state index is 6.59. The molecule has 8 aromatic carbocycles. The van der Waals surface area contributed by atoms with Crippen LogP contribution < -0.4 is 4.90 Å². The van der Waals surface area contributed by atoms with Gasteiger partial charge in [0.15, 0.2) is 5.58 Å². The number of oxazole rings is 1. The number of hydrogen-bond acceptors (Lipinski definition) is 4. The molecule has 0 saturated carbocycles. The van der Waals surface area contributed by atoms with E-state index in [2.05, 4.69) is 155 Å². The van der Waals surface area contributed by atoms with Gasteiger partial charge in [0, 0.05) is 50.4 Å². The van der Waals surface area contributed by atoms with E-state index in [0.717, 1.165) is 77.4 Å². The van der Waals surface area contributed by atoms with E-state index >= 15 is 0 Å². The molecule has 5 heteroatoms. The molecule has 3 heterocycles. The van der Waals surface area contributed by atoms with E-state index in [9.17, 15) is 0 Å². The topological polar surface area (TPSA) is 47.1 Å². The fourth-order valence-electron chi connectivity index (χ4n) is 7.98. The van der Waals surface area contributed by atoms with E-state index in [-0.39, 0.29) is 0 Å². The zero-order valence-electron chi connectivity index (χ0n) is 28.5. The normalized spacial score (nSPS) is 11.8. The third-order valence-corrected chi connectivity index (χ3v) is 10.4. The lowest BCUT2D eigenvalue weighted by Gasteiger charge is -2.26. The molecule has 0 amide bonds. The van der Waals surface area contributed by atoms with Crippen molar-refractivity contribution in [1.29, 1.82) is 0 Å². The number of aromatic nitrogens is 3. The van der Waals surface area contributed by atoms with Crippen molar-refractivity contribution in [2.75, 3.05) is 4.90 Å². The first kappa shape index (κ1) is 29.5. The third-order valence-electron chi connectivity index (χ3n) is 10.4. The maximum Gasteiger partial charge on any atom is 0.227 e. The smallest absolute Gasteiger partial charge is 0.227 e. The van der Waals surface area contributed by atoms with Gasteiger partial charge in [0.2, 0.25) is 5.89 Å². The highest BCUT2D eigenvalue weighted by Crippen LogP contribution is 2.43. The van der Waals surface area contributed by atoms with Gasteiger partial charge in [0.1, 0.15) is 11.3 Å². The highest BCUT2D eigenvalue weighted by Gasteiger charge is 2.21. The Morgan fingerprint density at radius 2 is 1.13 bits per heavy atom. The number of rotatable bonds is 5. The van der Waals surface area contributed by atoms with Crippen LogP contribution in [0, 0.1) is 0 Å². The molecule has 0 N–H and O–H groups in total. The van der Waals surface area contributed by atoms with Crippen molar-refractivity contribution in [3.63, 3.8) is 0 Å². The lowest BCUT2D eigenvalue weighted by atomic mass is 10.00. The Morgan fingerprint density at radius 3 is 2.00 bits per heavy atom. The van der Waals surface area contributed by atoms with Gasteiger partial charge in [-0.05, 0) is 94.3 Å². The Bertz CT molecular complexity index is 3180. The van der Waals surface area contributed by atoms with E-state index < -0.39 is 0 Å². The quantitative estimate of drug-likeness (QED) is 0.170. The van der Waals surface area contributed by atoms with Gasteiger partial charge >= 0.3 is 0 Å². The van der Waals surface area contributed by atoms with Crippen molar-refractivity contribution >= 4 is 82.4 Å². The lowest BCUT2D eigenvalue weighted by Crippen LogP contribution is -2.12. The maximum absolute atomic E-state index is 6.59. The minimum Gasteiger partial charge on any atom is -0.435 e. The number of para-hydroxylation sites is 2. The Labute approximate surface area is 304 Å². The Kier molecular flexibility index (Phi) is 6.48. The molecule has 0 fully saturated rings. The number of benzene rings is 8. The Hall–Kier alpha value is -7.24. The summed E-state index contributed by atoms with van der Waals surface area (Å²) in [5.74, 6) is 1.48. The second-order valence-corrected chi connectivity index (χ2v) is 13.4. The minimum atomic E-state index is 0.616. The van der Waals surface area contributed by atoms with Crippen LogP contribution in [0.3, 0.4) is 0 Å². The molecule has 0 bridgehead atoms. The molecule has 248 valence electrons. The summed E-state index contributed by atoms with van der Waals surface area (Å²) in [7, 11) is 0. The number of hydrogen-bond donors (Lipinski definition) is 0. The Morgan fingerprint density at radius 1 is 0.491 bits per heavy atom. The van der Waals surface area contributed by atoms with E-state index in [1.165, 1.54) is 16.3 Å². The van der Waals surface area contributed by atoms with Gasteiger partial charge in [-0.25, -0.2) is 9.97 Å². The summed E-state index contributed by atoms with van der Waals surface area (Å²) >= 11 is 0. The fourth-order valence-corrected chi connectivity index (χ4v) is 7.98. The lowest BCUT2D eigenvalue weighted by molar-refractivity contribution is 0.623. The number of fused-ring (bicyclic) bond motifs is 9. The Balaban J connectivity index is 1.18. The predicted molar refractivity (Wildman–Crippen MR) is 219 cm³/mol. The van der Waals surface area contributed by atoms with Crippen molar-refractivity contribution in [3.05, 3.63) is 182 Å². The standard InChI is InChI=1S/C48H30N4O/c1-3-12-34(13-4-1)48-50-42-25-22-33-20-19-32-21-23-36(29-40(32)45(33)46(42)53-48)51(47-38-16-8-7-11-31(38)27-28-49-47)37-24-26-44-41(30-37)39-17-9-10-18-43(39)52(44)35-14-5-2-6-15-35/h1-30H. The molecule has 0 radical (unpaired) electrons. The summed E-state index contributed by atoms with van der Waals surface area (Å²) in [4.78, 5) is 12.3. The van der Waals surface area contributed by atoms with E-state index in [0.29, 0.717) is 5.89 Å². The molecule has 5 nitrogen and oxygen atoms in total. The monoisotopic (exact) mass is 678 g/mol. The molecule has 0 unspecified atom stereocenters. The first-order chi connectivity index (χ1) is 26.3. The van der Waals surface area contributed by atoms with E-state index in [4.69, 9.17) is 14.4 Å². The average Bonchev–Trinajstić information content (AvgIpc) is 3.81. The summed E-state index contributed by atoms with van der Waals surface area (Å²) in [5, 5.41) is 8.94. The number of anilines is 3. The zero-order valence-corrected chi connectivity index (χ0v) is 28.5. The second-order valence-electron chi connectivity index (χ2n) is 13.4. The number of pyridine rings is 1. The van der Waals surface area contributed by atoms with Crippen LogP contribution in [0.2, 0.25) is 0 Å². The molecule has 53 heavy (non-hydrogen) atoms. The van der Waals surface area contributed by atoms with Crippen LogP contribution in [0.1, 0.15) is 0 Å². The molecule has 3 aromatic heterocycles. The summed E-state index contributed by atoms with van der Waals surface area (Å²) in [6, 6.07) is 61.9. The van der Waals surface area contributed by atoms with Gasteiger partial charge in [0.05, 0.1) is 11.0 Å². The molecular weight excluding hydrogens is 649 g/mol. The van der Waals surface area contributed by atoms with Gasteiger partial charge in [0.25, 0.3) is 0 Å². The van der Waals surface area contributed by atoms with Gasteiger partial charge < -0.3 is 8.98 Å². The summed E-state index contributed by atoms with van der Waals surface area (Å²) in [5.41, 5.74) is 8.05. The zero-order chi connectivity index (χ0) is 34.9. The highest BCUT2D eigenvalue weighted by molar-refractivity contribution is 6.19. The van der Waals surface area contributed by atoms with Crippen LogP contribution in [-0.4, -0.2) is 14.5 Å². The first-order valence-corrected chi connectivity index (χ1v) is 17.8. The van der Waals surface area contributed by atoms with Crippen LogP contribution in [0.4, 0.5) is 17.2 Å². The van der Waals surface area contributed by atoms with Crippen molar-refractivity contribution in [2.24, 2.45) is 0 Å². The predicted octanol–water partition coefficient (Wildman–Crippen LogP) is 12.9. The van der Waals surface area contributed by atoms with E-state index in [1.807, 2.05) is 36.5 Å². The summed E-state index contributed by atoms with van der Waals surface area (Å²) in [6.07, 6.45) is 1.91. The molecule has 0 spiro atoms. The van der Waals surface area contributed by atoms with Crippen molar-refractivity contribution in [2.45, 2.75) is 0 Å². The molecule has 0 aliphatic heterocycles. The van der Waals surface area contributed by atoms with Crippen LogP contribution in [0.25, 0.3) is 82.4 Å². The van der Waals surface area contributed by atoms with Crippen molar-refractivity contribution in [3.8, 4) is 17.1 Å². The average molecular weight is 679 g/mol. The highest BCUT2D eigenvalue weighted by atomic mass is 16.3. The second kappa shape index (κ2) is 11.7. The molecule has 0 saturated heterocycles. The minimum absolute atomic E-state index is 0.616. The molecule has 11 aromatic rings. The summed E-state index contributed by atoms with van der Waals surface area (Å²) < 4.78 is 8.94. The molecular formula is C48H30N4O. The van der Waals surface area contributed by atoms with Gasteiger partial charge in [-0.3, -0.25) is 4.90 Å². The number of nitrogens with zero attached hydrogens (tertiary/aromatic N) is 4. The van der Waals surface area contributed by atoms with Gasteiger partial charge in [-0.2, -0.15) is 0 Å². The molecule has 0 aliphatic rings. The van der Waals surface area contributed by atoms with Gasteiger partial charge in [-0.1, -0.05) is 103 Å². The van der Waals surface area contributed by atoms with Crippen LogP contribution in [0.5, 0.6) is 0 Å². The van der Waals surface area contributed by atoms with Crippen molar-refractivity contribution < 1.29 is 4.42 Å². The third kappa shape index (κ3) is 4.64. The molecule has 11 rings (SSSR count). The van der Waals surface area contributed by atoms with Crippen LogP contribution in [-0.2, 0) is 0 Å². The van der Waals surface area contributed by atoms with E-state index in [1.54, 1.807) is 0 Å². The summed E-state index contributed by atoms with van der Waals surface area (Å²) in [6.45, 7) is 0. The molecule has 0 atom stereocenters. The van der Waals surface area contributed by atoms with Crippen LogP contribution in [0.15, 0.2) is 187 Å².